The number of aromatic nitrogens is 3. The molecule has 0 fully saturated rings. The van der Waals surface area contributed by atoms with Crippen LogP contribution >= 0.6 is 35.0 Å². The van der Waals surface area contributed by atoms with E-state index < -0.39 is 12.0 Å². The summed E-state index contributed by atoms with van der Waals surface area (Å²) in [6, 6.07) is 10.4. The van der Waals surface area contributed by atoms with Gasteiger partial charge in [-0.25, -0.2) is 9.48 Å². The largest absolute Gasteiger partial charge is 0.490 e. The lowest BCUT2D eigenvalue weighted by Crippen LogP contribution is -2.29. The molecule has 0 amide bonds. The van der Waals surface area contributed by atoms with Gasteiger partial charge in [0.1, 0.15) is 12.6 Å². The van der Waals surface area contributed by atoms with Crippen LogP contribution in [-0.4, -0.2) is 39.7 Å². The first kappa shape index (κ1) is 29.1. The van der Waals surface area contributed by atoms with Crippen molar-refractivity contribution in [1.29, 1.82) is 0 Å². The van der Waals surface area contributed by atoms with Crippen LogP contribution in [0.1, 0.15) is 57.7 Å². The van der Waals surface area contributed by atoms with Gasteiger partial charge in [0.25, 0.3) is 0 Å². The van der Waals surface area contributed by atoms with Gasteiger partial charge < -0.3 is 19.5 Å². The number of benzene rings is 2. The smallest absolute Gasteiger partial charge is 0.338 e. The molecule has 3 aromatic rings. The van der Waals surface area contributed by atoms with Crippen LogP contribution in [0.3, 0.4) is 0 Å². The lowest BCUT2D eigenvalue weighted by molar-refractivity contribution is -0.139. The Morgan fingerprint density at radius 2 is 1.87 bits per heavy atom. The highest BCUT2D eigenvalue weighted by atomic mass is 35.5. The van der Waals surface area contributed by atoms with Gasteiger partial charge in [-0.15, -0.1) is 5.10 Å². The van der Waals surface area contributed by atoms with Gasteiger partial charge >= 0.3 is 5.97 Å². The molecule has 0 saturated carbocycles. The topological polar surface area (TPSA) is 87.5 Å². The number of esters is 1. The van der Waals surface area contributed by atoms with Crippen molar-refractivity contribution in [3.8, 4) is 11.5 Å². The van der Waals surface area contributed by atoms with Crippen molar-refractivity contribution in [3.63, 3.8) is 0 Å². The van der Waals surface area contributed by atoms with E-state index in [1.54, 1.807) is 28.6 Å². The Kier molecular flexibility index (Phi) is 10.0. The summed E-state index contributed by atoms with van der Waals surface area (Å²) >= 11 is 13.8. The minimum Gasteiger partial charge on any atom is -0.490 e. The number of carbonyl (C=O) groups excluding carboxylic acids is 1. The van der Waals surface area contributed by atoms with Crippen molar-refractivity contribution in [2.75, 3.05) is 24.3 Å². The average molecular weight is 592 g/mol. The normalized spacial score (nSPS) is 14.6. The summed E-state index contributed by atoms with van der Waals surface area (Å²) in [5, 5.41) is 9.59. The molecule has 1 aliphatic rings. The van der Waals surface area contributed by atoms with Crippen molar-refractivity contribution >= 4 is 46.9 Å². The zero-order chi connectivity index (χ0) is 27.9. The zero-order valence-corrected chi connectivity index (χ0v) is 24.8. The summed E-state index contributed by atoms with van der Waals surface area (Å²) < 4.78 is 19.4. The second-order valence-electron chi connectivity index (χ2n) is 8.89. The molecule has 2 heterocycles. The number of nitrogens with zero attached hydrogens (tertiary/aromatic N) is 3. The van der Waals surface area contributed by atoms with Crippen molar-refractivity contribution in [2.24, 2.45) is 0 Å². The highest BCUT2D eigenvalue weighted by Crippen LogP contribution is 2.40. The number of allylic oxidation sites excluding steroid dienone is 1. The summed E-state index contributed by atoms with van der Waals surface area (Å²) in [6.07, 6.45) is 1.72. The Bertz CT molecular complexity index is 1360. The minimum absolute atomic E-state index is 0.280. The van der Waals surface area contributed by atoms with Crippen LogP contribution < -0.4 is 14.8 Å². The Balaban J connectivity index is 1.71. The molecule has 8 nitrogen and oxygen atoms in total. The van der Waals surface area contributed by atoms with Gasteiger partial charge in [-0.1, -0.05) is 60.9 Å². The Labute approximate surface area is 243 Å². The van der Waals surface area contributed by atoms with E-state index in [-0.39, 0.29) is 6.61 Å². The number of nitrogens with one attached hydrogen (secondary N) is 1. The van der Waals surface area contributed by atoms with E-state index in [1.807, 2.05) is 45.0 Å². The minimum atomic E-state index is -0.558. The first-order valence-electron chi connectivity index (χ1n) is 12.9. The Morgan fingerprint density at radius 1 is 1.05 bits per heavy atom. The molecule has 1 aromatic heterocycles. The molecule has 11 heteroatoms. The molecule has 1 N–H and O–H groups in total. The van der Waals surface area contributed by atoms with Crippen molar-refractivity contribution in [3.05, 3.63) is 68.8 Å². The zero-order valence-electron chi connectivity index (χ0n) is 22.4. The summed E-state index contributed by atoms with van der Waals surface area (Å²) in [5.41, 5.74) is 2.81. The van der Waals surface area contributed by atoms with Crippen LogP contribution in [0.4, 0.5) is 5.95 Å². The summed E-state index contributed by atoms with van der Waals surface area (Å²) in [7, 11) is 0. The number of hydrogen-bond acceptors (Lipinski definition) is 8. The lowest BCUT2D eigenvalue weighted by atomic mass is 9.95. The van der Waals surface area contributed by atoms with Crippen molar-refractivity contribution < 1.29 is 19.0 Å². The van der Waals surface area contributed by atoms with Gasteiger partial charge in [0.05, 0.1) is 28.8 Å². The summed E-state index contributed by atoms with van der Waals surface area (Å²) in [4.78, 5) is 17.9. The number of anilines is 1. The van der Waals surface area contributed by atoms with Crippen LogP contribution in [0.5, 0.6) is 11.5 Å². The van der Waals surface area contributed by atoms with E-state index in [2.05, 4.69) is 17.2 Å². The van der Waals surface area contributed by atoms with E-state index in [0.29, 0.717) is 57.1 Å². The summed E-state index contributed by atoms with van der Waals surface area (Å²) in [6.45, 7) is 8.87. The van der Waals surface area contributed by atoms with E-state index in [4.69, 9.17) is 42.5 Å². The molecule has 1 aliphatic heterocycles. The number of ether oxygens (including phenoxy) is 3. The maximum absolute atomic E-state index is 13.3. The van der Waals surface area contributed by atoms with E-state index >= 15 is 0 Å². The SMILES string of the molecule is CCCOC(=O)C1=C(C)Nc2nc(SCCC)nn2C1c1ccc(OCc2ccc(Cl)c(Cl)c2)c(OCC)c1. The highest BCUT2D eigenvalue weighted by molar-refractivity contribution is 7.99. The first-order chi connectivity index (χ1) is 18.9. The maximum Gasteiger partial charge on any atom is 0.338 e. The average Bonchev–Trinajstić information content (AvgIpc) is 3.33. The number of thioether (sulfide) groups is 1. The maximum atomic E-state index is 13.3. The molecule has 0 spiro atoms. The van der Waals surface area contributed by atoms with Gasteiger partial charge in [-0.3, -0.25) is 0 Å². The molecular formula is C28H32Cl2N4O4S. The third-order valence-electron chi connectivity index (χ3n) is 5.89. The van der Waals surface area contributed by atoms with Crippen LogP contribution in [-0.2, 0) is 16.1 Å². The molecule has 0 radical (unpaired) electrons. The number of fused-ring (bicyclic) bond motifs is 1. The fraction of sp³-hybridized carbons (Fsp3) is 0.393. The standard InChI is InChI=1S/C28H32Cl2N4O4S/c1-5-12-37-26(35)24-17(4)31-27-32-28(39-13-6-2)33-34(27)25(24)19-9-11-22(23(15-19)36-7-3)38-16-18-8-10-20(29)21(30)14-18/h8-11,14-15,25H,5-7,12-13,16H2,1-4H3,(H,31,32,33). The van der Waals surface area contributed by atoms with Gasteiger partial charge in [-0.2, -0.15) is 4.98 Å². The molecule has 208 valence electrons. The van der Waals surface area contributed by atoms with E-state index in [1.165, 1.54) is 0 Å². The second-order valence-corrected chi connectivity index (χ2v) is 10.8. The van der Waals surface area contributed by atoms with Crippen molar-refractivity contribution in [2.45, 2.75) is 58.3 Å². The Morgan fingerprint density at radius 3 is 2.59 bits per heavy atom. The molecule has 1 unspecified atom stereocenters. The number of hydrogen-bond donors (Lipinski definition) is 1. The predicted molar refractivity (Wildman–Crippen MR) is 155 cm³/mol. The van der Waals surface area contributed by atoms with Crippen LogP contribution in [0, 0.1) is 0 Å². The molecule has 1 atom stereocenters. The van der Waals surface area contributed by atoms with Gasteiger partial charge in [-0.05, 0) is 62.1 Å². The molecule has 0 saturated heterocycles. The number of rotatable bonds is 12. The van der Waals surface area contributed by atoms with Gasteiger partial charge in [0.2, 0.25) is 11.1 Å². The fourth-order valence-corrected chi connectivity index (χ4v) is 5.11. The molecule has 0 aliphatic carbocycles. The van der Waals surface area contributed by atoms with Crippen LogP contribution in [0.15, 0.2) is 52.8 Å². The number of halogens is 2. The Hall–Kier alpha value is -2.88. The third-order valence-corrected chi connectivity index (χ3v) is 7.67. The van der Waals surface area contributed by atoms with Gasteiger partial charge in [0, 0.05) is 11.4 Å². The lowest BCUT2D eigenvalue weighted by Gasteiger charge is -2.28. The third kappa shape index (κ3) is 6.83. The summed E-state index contributed by atoms with van der Waals surface area (Å²) in [5.74, 6) is 2.18. The van der Waals surface area contributed by atoms with E-state index in [9.17, 15) is 4.79 Å². The van der Waals surface area contributed by atoms with Crippen molar-refractivity contribution in [1.82, 2.24) is 14.8 Å². The van der Waals surface area contributed by atoms with Crippen LogP contribution in [0.25, 0.3) is 0 Å². The van der Waals surface area contributed by atoms with Crippen LogP contribution in [0.2, 0.25) is 10.0 Å². The molecule has 0 bridgehead atoms. The molecule has 4 rings (SSSR count). The fourth-order valence-electron chi connectivity index (χ4n) is 4.10. The molecular weight excluding hydrogens is 559 g/mol. The first-order valence-corrected chi connectivity index (χ1v) is 14.7. The molecule has 39 heavy (non-hydrogen) atoms. The molecule has 2 aromatic carbocycles. The monoisotopic (exact) mass is 590 g/mol. The highest BCUT2D eigenvalue weighted by Gasteiger charge is 2.35. The predicted octanol–water partition coefficient (Wildman–Crippen LogP) is 7.31. The van der Waals surface area contributed by atoms with Gasteiger partial charge in [0.15, 0.2) is 11.5 Å². The van der Waals surface area contributed by atoms with E-state index in [0.717, 1.165) is 29.7 Å². The quantitative estimate of drug-likeness (QED) is 0.173. The second kappa shape index (κ2) is 13.5. The number of carbonyl (C=O) groups is 1.